The first-order chi connectivity index (χ1) is 17.0. The number of fused-ring (bicyclic) bond motifs is 1. The molecule has 0 saturated carbocycles. The molecular weight excluding hydrogens is 448 g/mol. The molecule has 0 bridgehead atoms. The molecule has 1 atom stereocenters. The van der Waals surface area contributed by atoms with Gasteiger partial charge in [-0.1, -0.05) is 23.4 Å². The number of allylic oxidation sites excluding steroid dienone is 2. The smallest absolute Gasteiger partial charge is 0.409 e. The second kappa shape index (κ2) is 9.73. The zero-order valence-corrected chi connectivity index (χ0v) is 19.8. The number of methoxy groups -OCH3 is 1. The summed E-state index contributed by atoms with van der Waals surface area (Å²) in [6, 6.07) is 5.35. The summed E-state index contributed by atoms with van der Waals surface area (Å²) >= 11 is 0. The Kier molecular flexibility index (Phi) is 6.35. The number of aromatic nitrogens is 2. The van der Waals surface area contributed by atoms with Crippen LogP contribution in [0, 0.1) is 12.8 Å². The number of nitrogens with zero attached hydrogens (tertiary/aromatic N) is 5. The summed E-state index contributed by atoms with van der Waals surface area (Å²) in [7, 11) is 1.40. The van der Waals surface area contributed by atoms with Crippen LogP contribution >= 0.6 is 0 Å². The fourth-order valence-corrected chi connectivity index (χ4v) is 4.58. The largest absolute Gasteiger partial charge is 0.453 e. The molecule has 35 heavy (non-hydrogen) atoms. The third-order valence-corrected chi connectivity index (χ3v) is 6.66. The number of carbonyl (C=O) groups excluding carboxylic acids is 2. The van der Waals surface area contributed by atoms with Crippen molar-refractivity contribution in [3.8, 4) is 11.4 Å². The van der Waals surface area contributed by atoms with Gasteiger partial charge in [-0.2, -0.15) is 4.98 Å². The van der Waals surface area contributed by atoms with Crippen molar-refractivity contribution in [3.05, 3.63) is 54.1 Å². The fourth-order valence-electron chi connectivity index (χ4n) is 4.58. The maximum Gasteiger partial charge on any atom is 0.409 e. The summed E-state index contributed by atoms with van der Waals surface area (Å²) in [4.78, 5) is 37.3. The minimum atomic E-state index is -0.378. The second-order valence-corrected chi connectivity index (χ2v) is 8.96. The molecule has 0 radical (unpaired) electrons. The molecule has 4 heterocycles. The number of ether oxygens (including phenoxy) is 1. The van der Waals surface area contributed by atoms with Crippen molar-refractivity contribution in [2.45, 2.75) is 32.2 Å². The molecule has 0 spiro atoms. The Morgan fingerprint density at radius 1 is 1.23 bits per heavy atom. The number of piperidine rings is 1. The van der Waals surface area contributed by atoms with Gasteiger partial charge in [-0.05, 0) is 49.5 Å². The van der Waals surface area contributed by atoms with Crippen LogP contribution in [0.3, 0.4) is 0 Å². The average molecular weight is 477 g/mol. The Morgan fingerprint density at radius 3 is 2.86 bits per heavy atom. The van der Waals surface area contributed by atoms with Gasteiger partial charge in [0.05, 0.1) is 13.7 Å². The quantitative estimate of drug-likeness (QED) is 0.705. The third-order valence-electron chi connectivity index (χ3n) is 6.66. The van der Waals surface area contributed by atoms with Gasteiger partial charge in [-0.25, -0.2) is 4.79 Å². The van der Waals surface area contributed by atoms with Crippen molar-refractivity contribution in [1.29, 1.82) is 0 Å². The van der Waals surface area contributed by atoms with Crippen molar-refractivity contribution >= 4 is 23.5 Å². The molecule has 10 nitrogen and oxygen atoms in total. The number of likely N-dealkylation sites (tertiary alicyclic amines) is 1. The van der Waals surface area contributed by atoms with Gasteiger partial charge >= 0.3 is 6.09 Å². The van der Waals surface area contributed by atoms with Gasteiger partial charge in [0, 0.05) is 37.0 Å². The van der Waals surface area contributed by atoms with Crippen LogP contribution in [0.4, 0.5) is 10.5 Å². The predicted molar refractivity (Wildman–Crippen MR) is 130 cm³/mol. The summed E-state index contributed by atoms with van der Waals surface area (Å²) in [5, 5.41) is 7.21. The summed E-state index contributed by atoms with van der Waals surface area (Å²) in [6.07, 6.45) is 9.69. The van der Waals surface area contributed by atoms with Crippen molar-refractivity contribution in [3.63, 3.8) is 0 Å². The van der Waals surface area contributed by atoms with Gasteiger partial charge in [0.25, 0.3) is 0 Å². The van der Waals surface area contributed by atoms with Gasteiger partial charge in [-0.3, -0.25) is 9.79 Å². The number of nitrogens with one attached hydrogen (secondary N) is 1. The molecule has 3 aliphatic heterocycles. The molecule has 1 N–H and O–H groups in total. The second-order valence-electron chi connectivity index (χ2n) is 8.96. The lowest BCUT2D eigenvalue weighted by Crippen LogP contribution is -2.41. The minimum absolute atomic E-state index is 0.115. The van der Waals surface area contributed by atoms with Crippen molar-refractivity contribution in [2.24, 2.45) is 10.9 Å². The predicted octanol–water partition coefficient (Wildman–Crippen LogP) is 3.17. The van der Waals surface area contributed by atoms with Crippen molar-refractivity contribution in [1.82, 2.24) is 19.9 Å². The number of rotatable bonds is 5. The zero-order valence-electron chi connectivity index (χ0n) is 19.8. The first-order valence-electron chi connectivity index (χ1n) is 11.8. The maximum atomic E-state index is 13.0. The highest BCUT2D eigenvalue weighted by Crippen LogP contribution is 2.27. The Labute approximate surface area is 203 Å². The molecule has 182 valence electrons. The van der Waals surface area contributed by atoms with E-state index in [1.807, 2.05) is 54.5 Å². The van der Waals surface area contributed by atoms with Gasteiger partial charge in [-0.15, -0.1) is 0 Å². The number of amides is 2. The third kappa shape index (κ3) is 4.82. The summed E-state index contributed by atoms with van der Waals surface area (Å²) in [6.45, 7) is 3.69. The lowest BCUT2D eigenvalue weighted by atomic mass is 9.94. The Bertz CT molecular complexity index is 1210. The van der Waals surface area contributed by atoms with Gasteiger partial charge in [0.2, 0.25) is 17.6 Å². The average Bonchev–Trinajstić information content (AvgIpc) is 3.53. The standard InChI is InChI=1S/C25H28N6O4/c1-16-6-7-18(14-19(16)27-24(32)20-15-26-21-5-3-4-10-31(20)21)23-28-22(35-29-23)13-17-8-11-30(12-9-17)25(33)34-2/h3-7,10,14,17,20H,8-9,11-13,15H2,1-2H3,(H,27,32). The van der Waals surface area contributed by atoms with E-state index in [4.69, 9.17) is 9.26 Å². The van der Waals surface area contributed by atoms with E-state index < -0.39 is 0 Å². The highest BCUT2D eigenvalue weighted by molar-refractivity contribution is 6.04. The van der Waals surface area contributed by atoms with Crippen LogP contribution in [0.15, 0.2) is 52.1 Å². The molecule has 1 unspecified atom stereocenters. The van der Waals surface area contributed by atoms with E-state index in [0.29, 0.717) is 49.4 Å². The molecule has 5 rings (SSSR count). The molecule has 0 aliphatic carbocycles. The number of aliphatic imine (C=N–C) groups is 1. The van der Waals surface area contributed by atoms with E-state index in [2.05, 4.69) is 20.4 Å². The number of amidine groups is 1. The van der Waals surface area contributed by atoms with Crippen LogP contribution in [-0.4, -0.2) is 70.6 Å². The van der Waals surface area contributed by atoms with Gasteiger partial charge in [0.1, 0.15) is 11.9 Å². The van der Waals surface area contributed by atoms with Crippen LogP contribution in [0.1, 0.15) is 24.3 Å². The highest BCUT2D eigenvalue weighted by Gasteiger charge is 2.32. The lowest BCUT2D eigenvalue weighted by molar-refractivity contribution is -0.118. The van der Waals surface area contributed by atoms with Gasteiger partial charge in [0.15, 0.2) is 0 Å². The molecular formula is C25H28N6O4. The number of hydrogen-bond acceptors (Lipinski definition) is 8. The first kappa shape index (κ1) is 22.8. The van der Waals surface area contributed by atoms with E-state index in [9.17, 15) is 9.59 Å². The topological polar surface area (TPSA) is 113 Å². The number of aryl methyl sites for hydroxylation is 1. The lowest BCUT2D eigenvalue weighted by Gasteiger charge is -2.30. The van der Waals surface area contributed by atoms with Crippen LogP contribution in [0.2, 0.25) is 0 Å². The van der Waals surface area contributed by atoms with Crippen LogP contribution in [-0.2, 0) is 16.0 Å². The fraction of sp³-hybridized carbons (Fsp3) is 0.400. The number of anilines is 1. The number of hydrogen-bond donors (Lipinski definition) is 1. The highest BCUT2D eigenvalue weighted by atomic mass is 16.5. The van der Waals surface area contributed by atoms with E-state index in [-0.39, 0.29) is 18.0 Å². The molecule has 10 heteroatoms. The van der Waals surface area contributed by atoms with E-state index in [1.165, 1.54) is 7.11 Å². The van der Waals surface area contributed by atoms with Crippen molar-refractivity contribution < 1.29 is 18.8 Å². The van der Waals surface area contributed by atoms with Crippen LogP contribution in [0.25, 0.3) is 11.4 Å². The maximum absolute atomic E-state index is 13.0. The normalized spacial score (nSPS) is 19.5. The SMILES string of the molecule is COC(=O)N1CCC(Cc2nc(-c3ccc(C)c(NC(=O)C4CN=C5C=CC=CN54)c3)no2)CC1. The Hall–Kier alpha value is -3.95. The molecule has 1 aromatic heterocycles. The van der Waals surface area contributed by atoms with E-state index in [1.54, 1.807) is 4.90 Å². The van der Waals surface area contributed by atoms with Crippen LogP contribution < -0.4 is 5.32 Å². The van der Waals surface area contributed by atoms with E-state index in [0.717, 1.165) is 29.8 Å². The summed E-state index contributed by atoms with van der Waals surface area (Å²) in [5.41, 5.74) is 2.42. The monoisotopic (exact) mass is 476 g/mol. The molecule has 1 aromatic carbocycles. The molecule has 3 aliphatic rings. The molecule has 2 amide bonds. The molecule has 1 saturated heterocycles. The van der Waals surface area contributed by atoms with Crippen LogP contribution in [0.5, 0.6) is 0 Å². The van der Waals surface area contributed by atoms with E-state index >= 15 is 0 Å². The van der Waals surface area contributed by atoms with Gasteiger partial charge < -0.3 is 24.4 Å². The number of carbonyl (C=O) groups is 2. The summed E-state index contributed by atoms with van der Waals surface area (Å²) < 4.78 is 10.3. The zero-order chi connectivity index (χ0) is 24.4. The Morgan fingerprint density at radius 2 is 2.06 bits per heavy atom. The number of benzene rings is 1. The Balaban J connectivity index is 1.22. The van der Waals surface area contributed by atoms with Crippen molar-refractivity contribution in [2.75, 3.05) is 32.1 Å². The molecule has 2 aromatic rings. The first-order valence-corrected chi connectivity index (χ1v) is 11.8. The molecule has 1 fully saturated rings. The minimum Gasteiger partial charge on any atom is -0.453 e. The summed E-state index contributed by atoms with van der Waals surface area (Å²) in [5.74, 6) is 2.11.